The molecule has 1 fully saturated rings. The fourth-order valence-electron chi connectivity index (χ4n) is 2.28. The van der Waals surface area contributed by atoms with Crippen molar-refractivity contribution < 1.29 is 9.18 Å². The van der Waals surface area contributed by atoms with Gasteiger partial charge in [-0.05, 0) is 38.1 Å². The summed E-state index contributed by atoms with van der Waals surface area (Å²) in [5.74, 6) is -1.04. The van der Waals surface area contributed by atoms with Crippen molar-refractivity contribution in [1.82, 2.24) is 4.90 Å². The minimum absolute atomic E-state index is 0.198. The first-order valence-corrected chi connectivity index (χ1v) is 5.96. The molecule has 0 aliphatic carbocycles. The molecule has 92 valence electrons. The summed E-state index contributed by atoms with van der Waals surface area (Å²) in [4.78, 5) is 13.4. The normalized spacial score (nSPS) is 18.2. The molecule has 3 nitrogen and oxygen atoms in total. The molecule has 1 aliphatic heterocycles. The number of hydrogen-bond donors (Lipinski definition) is 1. The van der Waals surface area contributed by atoms with Crippen LogP contribution in [0.5, 0.6) is 0 Å². The van der Waals surface area contributed by atoms with Gasteiger partial charge in [0.25, 0.3) is 0 Å². The predicted molar refractivity (Wildman–Crippen MR) is 64.2 cm³/mol. The van der Waals surface area contributed by atoms with Crippen molar-refractivity contribution in [2.75, 3.05) is 13.1 Å². The van der Waals surface area contributed by atoms with Crippen LogP contribution >= 0.6 is 11.6 Å². The molecule has 17 heavy (non-hydrogen) atoms. The van der Waals surface area contributed by atoms with Crippen LogP contribution in [-0.4, -0.2) is 23.9 Å². The molecule has 1 aromatic carbocycles. The summed E-state index contributed by atoms with van der Waals surface area (Å²) in [6.45, 7) is 1.50. The molecule has 0 spiro atoms. The first kappa shape index (κ1) is 12.3. The summed E-state index contributed by atoms with van der Waals surface area (Å²) < 4.78 is 13.8. The molecule has 1 atom stereocenters. The highest BCUT2D eigenvalue weighted by molar-refractivity contribution is 6.31. The molecule has 0 bridgehead atoms. The number of amides is 1. The number of nitrogens with zero attached hydrogens (tertiary/aromatic N) is 1. The molecule has 0 aromatic heterocycles. The number of likely N-dealkylation sites (tertiary alicyclic amines) is 1. The number of hydrogen-bond acceptors (Lipinski definition) is 2. The van der Waals surface area contributed by atoms with Crippen molar-refractivity contribution in [2.45, 2.75) is 18.9 Å². The Kier molecular flexibility index (Phi) is 3.64. The average molecular weight is 257 g/mol. The largest absolute Gasteiger partial charge is 0.368 e. The van der Waals surface area contributed by atoms with Gasteiger partial charge in [0.1, 0.15) is 11.9 Å². The van der Waals surface area contributed by atoms with Crippen LogP contribution < -0.4 is 5.73 Å². The fraction of sp³-hybridized carbons (Fsp3) is 0.417. The third-order valence-electron chi connectivity index (χ3n) is 3.05. The minimum Gasteiger partial charge on any atom is -0.368 e. The van der Waals surface area contributed by atoms with Gasteiger partial charge >= 0.3 is 0 Å². The number of rotatable bonds is 3. The molecule has 1 heterocycles. The number of carbonyl (C=O) groups excluding carboxylic acids is 1. The van der Waals surface area contributed by atoms with Gasteiger partial charge in [0.2, 0.25) is 5.91 Å². The van der Waals surface area contributed by atoms with Gasteiger partial charge in [-0.3, -0.25) is 9.69 Å². The predicted octanol–water partition coefficient (Wildman–Crippen LogP) is 2.10. The van der Waals surface area contributed by atoms with E-state index < -0.39 is 17.8 Å². The van der Waals surface area contributed by atoms with Gasteiger partial charge in [-0.1, -0.05) is 17.7 Å². The molecule has 1 unspecified atom stereocenters. The number of halogens is 2. The van der Waals surface area contributed by atoms with Gasteiger partial charge in [0.05, 0.1) is 0 Å². The van der Waals surface area contributed by atoms with Crippen molar-refractivity contribution in [2.24, 2.45) is 5.73 Å². The molecular weight excluding hydrogens is 243 g/mol. The Morgan fingerprint density at radius 3 is 2.59 bits per heavy atom. The Hall–Kier alpha value is -1.13. The number of nitrogens with two attached hydrogens (primary N) is 1. The Balaban J connectivity index is 2.42. The van der Waals surface area contributed by atoms with Gasteiger partial charge < -0.3 is 5.73 Å². The zero-order valence-electron chi connectivity index (χ0n) is 9.33. The first-order valence-electron chi connectivity index (χ1n) is 5.58. The van der Waals surface area contributed by atoms with E-state index in [-0.39, 0.29) is 10.6 Å². The third-order valence-corrected chi connectivity index (χ3v) is 3.38. The Bertz CT molecular complexity index is 412. The zero-order chi connectivity index (χ0) is 12.4. The lowest BCUT2D eigenvalue weighted by Crippen LogP contribution is -2.36. The zero-order valence-corrected chi connectivity index (χ0v) is 10.1. The third kappa shape index (κ3) is 2.42. The molecule has 1 amide bonds. The summed E-state index contributed by atoms with van der Waals surface area (Å²) in [6, 6.07) is 3.63. The molecule has 1 aliphatic rings. The quantitative estimate of drug-likeness (QED) is 0.900. The van der Waals surface area contributed by atoms with Crippen LogP contribution in [-0.2, 0) is 4.79 Å². The van der Waals surface area contributed by atoms with E-state index in [2.05, 4.69) is 0 Å². The highest BCUT2D eigenvalue weighted by Gasteiger charge is 2.31. The lowest BCUT2D eigenvalue weighted by molar-refractivity contribution is -0.123. The van der Waals surface area contributed by atoms with Crippen molar-refractivity contribution in [3.05, 3.63) is 34.6 Å². The molecule has 0 saturated carbocycles. The summed E-state index contributed by atoms with van der Waals surface area (Å²) in [7, 11) is 0. The Morgan fingerprint density at radius 2 is 2.06 bits per heavy atom. The van der Waals surface area contributed by atoms with Gasteiger partial charge in [0.15, 0.2) is 0 Å². The van der Waals surface area contributed by atoms with Crippen LogP contribution in [0.15, 0.2) is 18.2 Å². The standard InChI is InChI=1S/C12H14ClFN2O/c13-8-4-3-5-9(14)10(8)11(12(15)17)16-6-1-2-7-16/h3-5,11H,1-2,6-7H2,(H2,15,17). The van der Waals surface area contributed by atoms with Crippen molar-refractivity contribution in [3.8, 4) is 0 Å². The highest BCUT2D eigenvalue weighted by atomic mass is 35.5. The second-order valence-corrected chi connectivity index (χ2v) is 4.59. The number of primary amides is 1. The molecule has 5 heteroatoms. The molecule has 2 N–H and O–H groups in total. The minimum atomic E-state index is -0.758. The Labute approximate surface area is 104 Å². The maximum Gasteiger partial charge on any atom is 0.239 e. The van der Waals surface area contributed by atoms with E-state index in [0.717, 1.165) is 25.9 Å². The second kappa shape index (κ2) is 5.02. The van der Waals surface area contributed by atoms with Crippen LogP contribution in [0.2, 0.25) is 5.02 Å². The maximum absolute atomic E-state index is 13.8. The van der Waals surface area contributed by atoms with Crippen molar-refractivity contribution in [1.29, 1.82) is 0 Å². The van der Waals surface area contributed by atoms with E-state index >= 15 is 0 Å². The highest BCUT2D eigenvalue weighted by Crippen LogP contribution is 2.31. The first-order chi connectivity index (χ1) is 8.11. The van der Waals surface area contributed by atoms with E-state index in [1.807, 2.05) is 4.90 Å². The van der Waals surface area contributed by atoms with E-state index in [1.54, 1.807) is 6.07 Å². The smallest absolute Gasteiger partial charge is 0.239 e. The van der Waals surface area contributed by atoms with E-state index in [4.69, 9.17) is 17.3 Å². The van der Waals surface area contributed by atoms with Crippen LogP contribution in [0.3, 0.4) is 0 Å². The summed E-state index contributed by atoms with van der Waals surface area (Å²) in [6.07, 6.45) is 1.99. The van der Waals surface area contributed by atoms with Crippen molar-refractivity contribution >= 4 is 17.5 Å². The average Bonchev–Trinajstić information content (AvgIpc) is 2.76. The fourth-order valence-corrected chi connectivity index (χ4v) is 2.54. The monoisotopic (exact) mass is 256 g/mol. The summed E-state index contributed by atoms with van der Waals surface area (Å²) in [5, 5.41) is 0.251. The van der Waals surface area contributed by atoms with Crippen molar-refractivity contribution in [3.63, 3.8) is 0 Å². The van der Waals surface area contributed by atoms with Crippen LogP contribution in [0, 0.1) is 5.82 Å². The van der Waals surface area contributed by atoms with Crippen LogP contribution in [0.4, 0.5) is 4.39 Å². The number of benzene rings is 1. The van der Waals surface area contributed by atoms with E-state index in [1.165, 1.54) is 12.1 Å². The topological polar surface area (TPSA) is 46.3 Å². The Morgan fingerprint density at radius 1 is 1.41 bits per heavy atom. The SMILES string of the molecule is NC(=O)C(c1c(F)cccc1Cl)N1CCCC1. The summed E-state index contributed by atoms with van der Waals surface area (Å²) in [5.41, 5.74) is 5.58. The maximum atomic E-state index is 13.8. The lowest BCUT2D eigenvalue weighted by Gasteiger charge is -2.25. The number of carbonyl (C=O) groups is 1. The van der Waals surface area contributed by atoms with Gasteiger partial charge in [-0.15, -0.1) is 0 Å². The molecular formula is C12H14ClFN2O. The van der Waals surface area contributed by atoms with E-state index in [9.17, 15) is 9.18 Å². The molecule has 1 aromatic rings. The lowest BCUT2D eigenvalue weighted by atomic mass is 10.0. The molecule has 0 radical (unpaired) electrons. The van der Waals surface area contributed by atoms with Crippen LogP contribution in [0.25, 0.3) is 0 Å². The molecule has 1 saturated heterocycles. The van der Waals surface area contributed by atoms with Gasteiger partial charge in [-0.25, -0.2) is 4.39 Å². The van der Waals surface area contributed by atoms with E-state index in [0.29, 0.717) is 0 Å². The summed E-state index contributed by atoms with van der Waals surface area (Å²) >= 11 is 5.97. The second-order valence-electron chi connectivity index (χ2n) is 4.18. The van der Waals surface area contributed by atoms with Gasteiger partial charge in [0, 0.05) is 10.6 Å². The molecule has 2 rings (SSSR count). The van der Waals surface area contributed by atoms with Gasteiger partial charge in [-0.2, -0.15) is 0 Å². The van der Waals surface area contributed by atoms with Crippen LogP contribution in [0.1, 0.15) is 24.4 Å².